The summed E-state index contributed by atoms with van der Waals surface area (Å²) in [7, 11) is 0. The van der Waals surface area contributed by atoms with Gasteiger partial charge in [0, 0.05) is 41.0 Å². The second-order valence-electron chi connectivity index (χ2n) is 9.15. The molecule has 0 unspecified atom stereocenters. The normalized spacial score (nSPS) is 15.8. The molecule has 5 rings (SSSR count). The molecule has 0 radical (unpaired) electrons. The summed E-state index contributed by atoms with van der Waals surface area (Å²) in [6.45, 7) is 2.51. The molecule has 1 heterocycles. The lowest BCUT2D eigenvalue weighted by Crippen LogP contribution is -2.36. The molecule has 1 fully saturated rings. The van der Waals surface area contributed by atoms with Gasteiger partial charge in [0.25, 0.3) is 0 Å². The van der Waals surface area contributed by atoms with Crippen LogP contribution in [-0.4, -0.2) is 37.4 Å². The summed E-state index contributed by atoms with van der Waals surface area (Å²) in [5.74, 6) is -1.76. The van der Waals surface area contributed by atoms with E-state index >= 15 is 0 Å². The molecule has 192 valence electrons. The van der Waals surface area contributed by atoms with Crippen molar-refractivity contribution in [2.24, 2.45) is 0 Å². The minimum absolute atomic E-state index is 0.0704. The SMILES string of the molecule is O=C(O)c1cc(C2=C(c3cc(Cl)ccc3OCc3ccc(F)cc3F)CCC2)cc(N2CCOCC2)c1. The van der Waals surface area contributed by atoms with E-state index in [1.165, 1.54) is 12.1 Å². The van der Waals surface area contributed by atoms with Crippen molar-refractivity contribution in [2.75, 3.05) is 31.2 Å². The lowest BCUT2D eigenvalue weighted by molar-refractivity contribution is 0.0697. The molecule has 2 aliphatic rings. The summed E-state index contributed by atoms with van der Waals surface area (Å²) in [4.78, 5) is 14.1. The number of hydrogen-bond donors (Lipinski definition) is 1. The van der Waals surface area contributed by atoms with Crippen molar-refractivity contribution >= 4 is 34.4 Å². The average Bonchev–Trinajstić information content (AvgIpc) is 3.39. The molecule has 0 bridgehead atoms. The summed E-state index contributed by atoms with van der Waals surface area (Å²) < 4.78 is 39.0. The fourth-order valence-corrected chi connectivity index (χ4v) is 5.10. The monoisotopic (exact) mass is 525 g/mol. The van der Waals surface area contributed by atoms with Crippen LogP contribution in [0.3, 0.4) is 0 Å². The van der Waals surface area contributed by atoms with E-state index in [0.29, 0.717) is 37.1 Å². The first-order chi connectivity index (χ1) is 17.9. The van der Waals surface area contributed by atoms with Crippen LogP contribution < -0.4 is 9.64 Å². The van der Waals surface area contributed by atoms with Crippen molar-refractivity contribution in [1.82, 2.24) is 0 Å². The maximum atomic E-state index is 14.2. The van der Waals surface area contributed by atoms with E-state index in [1.54, 1.807) is 24.3 Å². The molecule has 0 atom stereocenters. The largest absolute Gasteiger partial charge is 0.488 e. The number of carboxylic acid groups (broad SMARTS) is 1. The van der Waals surface area contributed by atoms with Crippen LogP contribution in [0.25, 0.3) is 11.1 Å². The third-order valence-corrected chi connectivity index (χ3v) is 7.01. The third kappa shape index (κ3) is 5.63. The summed E-state index contributed by atoms with van der Waals surface area (Å²) in [6, 6.07) is 14.1. The second-order valence-corrected chi connectivity index (χ2v) is 9.59. The molecule has 0 aromatic heterocycles. The number of allylic oxidation sites excluding steroid dienone is 2. The minimum atomic E-state index is -0.982. The van der Waals surface area contributed by atoms with Crippen LogP contribution in [0.15, 0.2) is 54.6 Å². The van der Waals surface area contributed by atoms with Gasteiger partial charge >= 0.3 is 5.97 Å². The van der Waals surface area contributed by atoms with Crippen LogP contribution in [0.2, 0.25) is 5.02 Å². The van der Waals surface area contributed by atoms with Gasteiger partial charge in [-0.2, -0.15) is 0 Å². The maximum absolute atomic E-state index is 14.2. The first kappa shape index (κ1) is 25.2. The molecule has 3 aromatic carbocycles. The number of rotatable bonds is 7. The van der Waals surface area contributed by atoms with Crippen molar-refractivity contribution in [2.45, 2.75) is 25.9 Å². The number of nitrogens with zero attached hydrogens (tertiary/aromatic N) is 1. The lowest BCUT2D eigenvalue weighted by Gasteiger charge is -2.29. The number of carbonyl (C=O) groups is 1. The molecular weight excluding hydrogens is 500 g/mol. The zero-order chi connectivity index (χ0) is 25.9. The number of benzene rings is 3. The number of aromatic carboxylic acids is 1. The highest BCUT2D eigenvalue weighted by Crippen LogP contribution is 2.44. The van der Waals surface area contributed by atoms with Gasteiger partial charge in [-0.3, -0.25) is 0 Å². The Morgan fingerprint density at radius 1 is 1.00 bits per heavy atom. The molecular formula is C29H26ClF2NO4. The van der Waals surface area contributed by atoms with Gasteiger partial charge in [0.15, 0.2) is 0 Å². The van der Waals surface area contributed by atoms with E-state index < -0.39 is 17.6 Å². The molecule has 3 aromatic rings. The van der Waals surface area contributed by atoms with Gasteiger partial charge in [-0.15, -0.1) is 0 Å². The molecule has 0 spiro atoms. The van der Waals surface area contributed by atoms with Gasteiger partial charge in [0.1, 0.15) is 24.0 Å². The van der Waals surface area contributed by atoms with Crippen LogP contribution in [0.4, 0.5) is 14.5 Å². The summed E-state index contributed by atoms with van der Waals surface area (Å²) in [5, 5.41) is 10.3. The summed E-state index contributed by atoms with van der Waals surface area (Å²) in [6.07, 6.45) is 2.44. The molecule has 5 nitrogen and oxygen atoms in total. The van der Waals surface area contributed by atoms with Gasteiger partial charge < -0.3 is 19.5 Å². The standard InChI is InChI=1S/C29H26ClF2NO4/c30-21-5-7-28(37-17-18-4-6-22(31)16-27(18)32)26(15-21)25-3-1-2-24(25)19-12-20(29(34)35)14-23(13-19)33-8-10-36-11-9-33/h4-7,12-16H,1-3,8-11,17H2,(H,34,35). The molecule has 1 saturated heterocycles. The van der Waals surface area contributed by atoms with E-state index in [9.17, 15) is 18.7 Å². The Morgan fingerprint density at radius 3 is 2.54 bits per heavy atom. The third-order valence-electron chi connectivity index (χ3n) is 6.77. The number of morpholine rings is 1. The Hall–Kier alpha value is -3.42. The number of ether oxygens (including phenoxy) is 2. The Balaban J connectivity index is 1.53. The average molecular weight is 526 g/mol. The van der Waals surface area contributed by atoms with Crippen molar-refractivity contribution in [3.8, 4) is 5.75 Å². The molecule has 0 amide bonds. The first-order valence-electron chi connectivity index (χ1n) is 12.2. The zero-order valence-electron chi connectivity index (χ0n) is 20.1. The van der Waals surface area contributed by atoms with Gasteiger partial charge in [-0.25, -0.2) is 13.6 Å². The van der Waals surface area contributed by atoms with Gasteiger partial charge in [0.05, 0.1) is 18.8 Å². The van der Waals surface area contributed by atoms with Crippen LogP contribution >= 0.6 is 11.6 Å². The highest BCUT2D eigenvalue weighted by Gasteiger charge is 2.24. The highest BCUT2D eigenvalue weighted by molar-refractivity contribution is 6.30. The van der Waals surface area contributed by atoms with Crippen molar-refractivity contribution in [1.29, 1.82) is 0 Å². The Morgan fingerprint density at radius 2 is 1.78 bits per heavy atom. The molecule has 0 saturated carbocycles. The van der Waals surface area contributed by atoms with E-state index in [0.717, 1.165) is 53.3 Å². The van der Waals surface area contributed by atoms with Gasteiger partial charge in [-0.05, 0) is 84.5 Å². The first-order valence-corrected chi connectivity index (χ1v) is 12.6. The van der Waals surface area contributed by atoms with Crippen molar-refractivity contribution < 1.29 is 28.2 Å². The number of halogens is 3. The van der Waals surface area contributed by atoms with Crippen molar-refractivity contribution in [3.63, 3.8) is 0 Å². The van der Waals surface area contributed by atoms with Crippen LogP contribution in [0, 0.1) is 11.6 Å². The van der Waals surface area contributed by atoms with E-state index in [-0.39, 0.29) is 17.7 Å². The number of hydrogen-bond acceptors (Lipinski definition) is 4. The molecule has 1 aliphatic carbocycles. The Bertz CT molecular complexity index is 1370. The van der Waals surface area contributed by atoms with E-state index in [4.69, 9.17) is 21.1 Å². The molecule has 1 aliphatic heterocycles. The fourth-order valence-electron chi connectivity index (χ4n) is 4.93. The Kier molecular flexibility index (Phi) is 7.44. The Labute approximate surface area is 218 Å². The quantitative estimate of drug-likeness (QED) is 0.366. The number of carboxylic acids is 1. The predicted octanol–water partition coefficient (Wildman–Crippen LogP) is 6.83. The van der Waals surface area contributed by atoms with Crippen LogP contribution in [0.5, 0.6) is 5.75 Å². The molecule has 37 heavy (non-hydrogen) atoms. The minimum Gasteiger partial charge on any atom is -0.488 e. The lowest BCUT2D eigenvalue weighted by atomic mass is 9.94. The fraction of sp³-hybridized carbons (Fsp3) is 0.276. The maximum Gasteiger partial charge on any atom is 0.335 e. The van der Waals surface area contributed by atoms with Gasteiger partial charge in [0.2, 0.25) is 0 Å². The molecule has 1 N–H and O–H groups in total. The highest BCUT2D eigenvalue weighted by atomic mass is 35.5. The topological polar surface area (TPSA) is 59.0 Å². The van der Waals surface area contributed by atoms with Gasteiger partial charge in [-0.1, -0.05) is 11.6 Å². The van der Waals surface area contributed by atoms with Crippen LogP contribution in [-0.2, 0) is 11.3 Å². The summed E-state index contributed by atoms with van der Waals surface area (Å²) >= 11 is 6.37. The summed E-state index contributed by atoms with van der Waals surface area (Å²) in [5.41, 5.74) is 5.02. The zero-order valence-corrected chi connectivity index (χ0v) is 20.9. The van der Waals surface area contributed by atoms with E-state index in [1.807, 2.05) is 12.1 Å². The van der Waals surface area contributed by atoms with E-state index in [2.05, 4.69) is 4.90 Å². The smallest absolute Gasteiger partial charge is 0.335 e. The number of anilines is 1. The molecule has 8 heteroatoms. The van der Waals surface area contributed by atoms with Crippen molar-refractivity contribution in [3.05, 3.63) is 93.5 Å². The van der Waals surface area contributed by atoms with Crippen LogP contribution in [0.1, 0.15) is 46.3 Å². The second kappa shape index (κ2) is 10.9. The predicted molar refractivity (Wildman–Crippen MR) is 139 cm³/mol.